The molecule has 0 amide bonds. The summed E-state index contributed by atoms with van der Waals surface area (Å²) in [5.74, 6) is 1.03. The van der Waals surface area contributed by atoms with Crippen molar-refractivity contribution < 1.29 is 9.94 Å². The van der Waals surface area contributed by atoms with Gasteiger partial charge in [0.2, 0.25) is 0 Å². The summed E-state index contributed by atoms with van der Waals surface area (Å²) in [4.78, 5) is 5.49. The first kappa shape index (κ1) is 13.5. The summed E-state index contributed by atoms with van der Waals surface area (Å²) in [7, 11) is 0. The summed E-state index contributed by atoms with van der Waals surface area (Å²) in [6.07, 6.45) is 6.36. The Kier molecular flexibility index (Phi) is 4.16. The van der Waals surface area contributed by atoms with Crippen LogP contribution in [0.25, 0.3) is 0 Å². The minimum Gasteiger partial charge on any atom is -0.506 e. The minimum atomic E-state index is -0.0312. The summed E-state index contributed by atoms with van der Waals surface area (Å²) < 4.78 is 0. The summed E-state index contributed by atoms with van der Waals surface area (Å²) in [6, 6.07) is 3.38. The van der Waals surface area contributed by atoms with Gasteiger partial charge >= 0.3 is 0 Å². The van der Waals surface area contributed by atoms with Crippen LogP contribution in [0.2, 0.25) is 0 Å². The first-order chi connectivity index (χ1) is 9.11. The van der Waals surface area contributed by atoms with Crippen LogP contribution in [0.3, 0.4) is 0 Å². The summed E-state index contributed by atoms with van der Waals surface area (Å²) >= 11 is 0. The Morgan fingerprint density at radius 1 is 1.21 bits per heavy atom. The van der Waals surface area contributed by atoms with Gasteiger partial charge in [0, 0.05) is 6.04 Å². The lowest BCUT2D eigenvalue weighted by Crippen LogP contribution is -2.35. The molecule has 6 N–H and O–H groups in total. The largest absolute Gasteiger partial charge is 0.506 e. The van der Waals surface area contributed by atoms with Gasteiger partial charge in [-0.05, 0) is 43.7 Å². The Bertz CT molecular complexity index is 454. The summed E-state index contributed by atoms with van der Waals surface area (Å²) in [5.41, 5.74) is 14.8. The molecule has 0 radical (unpaired) electrons. The number of nitrogens with two attached hydrogens (primary N) is 2. The average Bonchev–Trinajstić information content (AvgIpc) is 2.45. The SMILES string of the molecule is C=CC1CCC(NOc2ccc(O)c(N)c2N)CC1. The first-order valence-electron chi connectivity index (χ1n) is 6.53. The van der Waals surface area contributed by atoms with E-state index < -0.39 is 0 Å². The van der Waals surface area contributed by atoms with E-state index in [1.54, 1.807) is 6.07 Å². The van der Waals surface area contributed by atoms with Crippen LogP contribution in [0, 0.1) is 5.92 Å². The Morgan fingerprint density at radius 3 is 2.53 bits per heavy atom. The molecule has 1 fully saturated rings. The second kappa shape index (κ2) is 5.84. The zero-order valence-corrected chi connectivity index (χ0v) is 10.9. The number of allylic oxidation sites excluding steroid dienone is 1. The number of nitrogen functional groups attached to an aromatic ring is 2. The number of benzene rings is 1. The van der Waals surface area contributed by atoms with Crippen molar-refractivity contribution in [3.8, 4) is 11.5 Å². The molecule has 0 spiro atoms. The zero-order chi connectivity index (χ0) is 13.8. The van der Waals surface area contributed by atoms with E-state index in [2.05, 4.69) is 12.1 Å². The van der Waals surface area contributed by atoms with Crippen molar-refractivity contribution in [3.05, 3.63) is 24.8 Å². The molecule has 1 aliphatic rings. The van der Waals surface area contributed by atoms with Crippen LogP contribution in [0.5, 0.6) is 11.5 Å². The average molecular weight is 263 g/mol. The number of hydrogen-bond donors (Lipinski definition) is 4. The minimum absolute atomic E-state index is 0.0312. The molecule has 2 rings (SSSR count). The van der Waals surface area contributed by atoms with Crippen LogP contribution in [0.4, 0.5) is 11.4 Å². The van der Waals surface area contributed by atoms with E-state index in [0.29, 0.717) is 17.7 Å². The molecule has 5 heteroatoms. The number of aromatic hydroxyl groups is 1. The lowest BCUT2D eigenvalue weighted by molar-refractivity contribution is 0.127. The molecule has 0 aromatic heterocycles. The number of phenolic OH excluding ortho intramolecular Hbond substituents is 1. The molecule has 19 heavy (non-hydrogen) atoms. The molecule has 0 aliphatic heterocycles. The van der Waals surface area contributed by atoms with E-state index in [1.165, 1.54) is 6.07 Å². The number of nitrogens with one attached hydrogen (secondary N) is 1. The summed E-state index contributed by atoms with van der Waals surface area (Å²) in [6.45, 7) is 3.83. The van der Waals surface area contributed by atoms with Crippen molar-refractivity contribution >= 4 is 11.4 Å². The van der Waals surface area contributed by atoms with Gasteiger partial charge in [-0.15, -0.1) is 6.58 Å². The van der Waals surface area contributed by atoms with Gasteiger partial charge < -0.3 is 21.4 Å². The van der Waals surface area contributed by atoms with Gasteiger partial charge in [0.05, 0.1) is 0 Å². The molecule has 1 aromatic carbocycles. The van der Waals surface area contributed by atoms with E-state index in [4.69, 9.17) is 16.3 Å². The van der Waals surface area contributed by atoms with Gasteiger partial charge in [-0.1, -0.05) is 6.08 Å². The highest BCUT2D eigenvalue weighted by Crippen LogP contribution is 2.34. The number of rotatable bonds is 4. The fourth-order valence-corrected chi connectivity index (χ4v) is 2.31. The van der Waals surface area contributed by atoms with Gasteiger partial charge in [0.1, 0.15) is 17.1 Å². The highest BCUT2D eigenvalue weighted by atomic mass is 16.6. The third-order valence-corrected chi connectivity index (χ3v) is 3.66. The van der Waals surface area contributed by atoms with Gasteiger partial charge in [-0.3, -0.25) is 0 Å². The van der Waals surface area contributed by atoms with Gasteiger partial charge in [0.25, 0.3) is 0 Å². The highest BCUT2D eigenvalue weighted by Gasteiger charge is 2.20. The number of phenols is 1. The molecule has 0 saturated heterocycles. The molecule has 1 aliphatic carbocycles. The van der Waals surface area contributed by atoms with E-state index in [9.17, 15) is 5.11 Å². The molecule has 5 nitrogen and oxygen atoms in total. The summed E-state index contributed by atoms with van der Waals surface area (Å²) in [5, 5.41) is 9.41. The van der Waals surface area contributed by atoms with E-state index >= 15 is 0 Å². The molecule has 104 valence electrons. The molecule has 0 unspecified atom stereocenters. The molecule has 0 atom stereocenters. The van der Waals surface area contributed by atoms with Crippen molar-refractivity contribution in [1.82, 2.24) is 5.48 Å². The number of anilines is 2. The van der Waals surface area contributed by atoms with Crippen LogP contribution in [-0.2, 0) is 0 Å². The number of hydrogen-bond acceptors (Lipinski definition) is 5. The molecular formula is C14H21N3O2. The fourth-order valence-electron chi connectivity index (χ4n) is 2.31. The van der Waals surface area contributed by atoms with Crippen molar-refractivity contribution in [1.29, 1.82) is 0 Å². The quantitative estimate of drug-likeness (QED) is 0.289. The Balaban J connectivity index is 1.89. The standard InChI is InChI=1S/C14H21N3O2/c1-2-9-3-5-10(6-4-9)17-19-12-8-7-11(18)13(15)14(12)16/h2,7-10,17-18H,1,3-6,15-16H2. The van der Waals surface area contributed by atoms with E-state index in [1.807, 2.05) is 6.08 Å². The highest BCUT2D eigenvalue weighted by molar-refractivity contribution is 5.76. The Morgan fingerprint density at radius 2 is 1.89 bits per heavy atom. The second-order valence-corrected chi connectivity index (χ2v) is 4.98. The lowest BCUT2D eigenvalue weighted by atomic mass is 9.87. The maximum absolute atomic E-state index is 9.41. The van der Waals surface area contributed by atoms with Crippen LogP contribution in [0.1, 0.15) is 25.7 Å². The molecule has 1 aromatic rings. The Hall–Kier alpha value is -1.88. The predicted molar refractivity (Wildman–Crippen MR) is 76.6 cm³/mol. The predicted octanol–water partition coefficient (Wildman–Crippen LogP) is 2.18. The van der Waals surface area contributed by atoms with Gasteiger partial charge in [-0.2, -0.15) is 5.48 Å². The smallest absolute Gasteiger partial charge is 0.172 e. The second-order valence-electron chi connectivity index (χ2n) is 4.98. The monoisotopic (exact) mass is 263 g/mol. The Labute approximate surface area is 113 Å². The molecular weight excluding hydrogens is 242 g/mol. The zero-order valence-electron chi connectivity index (χ0n) is 10.9. The van der Waals surface area contributed by atoms with Crippen LogP contribution < -0.4 is 21.8 Å². The first-order valence-corrected chi connectivity index (χ1v) is 6.53. The van der Waals surface area contributed by atoms with Crippen molar-refractivity contribution in [2.24, 2.45) is 5.92 Å². The van der Waals surface area contributed by atoms with Crippen molar-refractivity contribution in [2.45, 2.75) is 31.7 Å². The van der Waals surface area contributed by atoms with Crippen LogP contribution >= 0.6 is 0 Å². The van der Waals surface area contributed by atoms with E-state index in [-0.39, 0.29) is 17.1 Å². The number of hydroxylamine groups is 1. The maximum atomic E-state index is 9.41. The third kappa shape index (κ3) is 3.12. The fraction of sp³-hybridized carbons (Fsp3) is 0.429. The molecule has 0 heterocycles. The van der Waals surface area contributed by atoms with Gasteiger partial charge in [0.15, 0.2) is 5.75 Å². The van der Waals surface area contributed by atoms with Gasteiger partial charge in [-0.25, -0.2) is 0 Å². The van der Waals surface area contributed by atoms with Crippen LogP contribution in [0.15, 0.2) is 24.8 Å². The van der Waals surface area contributed by atoms with E-state index in [0.717, 1.165) is 25.7 Å². The lowest BCUT2D eigenvalue weighted by Gasteiger charge is -2.27. The third-order valence-electron chi connectivity index (χ3n) is 3.66. The van der Waals surface area contributed by atoms with Crippen LogP contribution in [-0.4, -0.2) is 11.1 Å². The maximum Gasteiger partial charge on any atom is 0.172 e. The normalized spacial score (nSPS) is 22.9. The van der Waals surface area contributed by atoms with Crippen molar-refractivity contribution in [2.75, 3.05) is 11.5 Å². The topological polar surface area (TPSA) is 93.5 Å². The molecule has 1 saturated carbocycles. The molecule has 0 bridgehead atoms. The van der Waals surface area contributed by atoms with Crippen molar-refractivity contribution in [3.63, 3.8) is 0 Å².